The number of carbonyl (C=O) groups is 1. The summed E-state index contributed by atoms with van der Waals surface area (Å²) >= 11 is 0. The molecule has 1 heterocycles. The van der Waals surface area contributed by atoms with Crippen molar-refractivity contribution in [1.82, 2.24) is 9.62 Å². The normalized spacial score (nSPS) is 16.6. The minimum absolute atomic E-state index is 0.0220. The van der Waals surface area contributed by atoms with Crippen LogP contribution < -0.4 is 9.46 Å². The van der Waals surface area contributed by atoms with Gasteiger partial charge in [-0.15, -0.1) is 6.42 Å². The first-order chi connectivity index (χ1) is 13.5. The Morgan fingerprint density at radius 3 is 2.71 bits per heavy atom. The van der Waals surface area contributed by atoms with E-state index >= 15 is 0 Å². The van der Waals surface area contributed by atoms with Crippen LogP contribution in [0.2, 0.25) is 0 Å². The van der Waals surface area contributed by atoms with Crippen molar-refractivity contribution < 1.29 is 17.9 Å². The van der Waals surface area contributed by atoms with Crippen molar-refractivity contribution in [2.45, 2.75) is 23.8 Å². The Balaban J connectivity index is 1.84. The lowest BCUT2D eigenvalue weighted by atomic mass is 10.0. The summed E-state index contributed by atoms with van der Waals surface area (Å²) in [6, 6.07) is 13.7. The van der Waals surface area contributed by atoms with Gasteiger partial charge in [0.2, 0.25) is 10.0 Å². The van der Waals surface area contributed by atoms with Gasteiger partial charge in [0.1, 0.15) is 5.75 Å². The smallest absolute Gasteiger partial charge is 0.254 e. The molecule has 28 heavy (non-hydrogen) atoms. The monoisotopic (exact) mass is 398 g/mol. The molecule has 1 fully saturated rings. The van der Waals surface area contributed by atoms with E-state index in [9.17, 15) is 13.2 Å². The molecule has 0 spiro atoms. The molecule has 7 heteroatoms. The molecule has 1 N–H and O–H groups in total. The molecule has 1 aliphatic heterocycles. The van der Waals surface area contributed by atoms with Gasteiger partial charge in [0.25, 0.3) is 5.91 Å². The van der Waals surface area contributed by atoms with E-state index in [0.717, 1.165) is 24.2 Å². The van der Waals surface area contributed by atoms with Gasteiger partial charge in [-0.3, -0.25) is 4.79 Å². The molecule has 0 aliphatic carbocycles. The lowest BCUT2D eigenvalue weighted by molar-refractivity contribution is 0.0735. The van der Waals surface area contributed by atoms with Gasteiger partial charge < -0.3 is 9.64 Å². The predicted molar refractivity (Wildman–Crippen MR) is 106 cm³/mol. The summed E-state index contributed by atoms with van der Waals surface area (Å²) in [4.78, 5) is 14.9. The Labute approximate surface area is 165 Å². The Bertz CT molecular complexity index is 994. The highest BCUT2D eigenvalue weighted by Gasteiger charge is 2.31. The van der Waals surface area contributed by atoms with Crippen molar-refractivity contribution in [3.63, 3.8) is 0 Å². The summed E-state index contributed by atoms with van der Waals surface area (Å²) in [6.07, 6.45) is 6.87. The molecule has 0 bridgehead atoms. The van der Waals surface area contributed by atoms with Crippen molar-refractivity contribution in [2.24, 2.45) is 0 Å². The van der Waals surface area contributed by atoms with Gasteiger partial charge in [-0.1, -0.05) is 24.1 Å². The van der Waals surface area contributed by atoms with Crippen molar-refractivity contribution in [3.8, 4) is 18.1 Å². The van der Waals surface area contributed by atoms with Gasteiger partial charge >= 0.3 is 0 Å². The van der Waals surface area contributed by atoms with Gasteiger partial charge in [-0.2, -0.15) is 4.72 Å². The molecule has 1 amide bonds. The number of benzene rings is 2. The summed E-state index contributed by atoms with van der Waals surface area (Å²) in [6.45, 7) is 0.522. The number of hydrogen-bond donors (Lipinski definition) is 1. The molecule has 6 nitrogen and oxygen atoms in total. The Hall–Kier alpha value is -2.82. The van der Waals surface area contributed by atoms with E-state index in [-0.39, 0.29) is 23.4 Å². The lowest BCUT2D eigenvalue weighted by Crippen LogP contribution is -2.31. The van der Waals surface area contributed by atoms with Crippen molar-refractivity contribution in [1.29, 1.82) is 0 Å². The summed E-state index contributed by atoms with van der Waals surface area (Å²) in [7, 11) is -2.14. The zero-order valence-electron chi connectivity index (χ0n) is 15.6. The highest BCUT2D eigenvalue weighted by atomic mass is 32.2. The largest absolute Gasteiger partial charge is 0.497 e. The highest BCUT2D eigenvalue weighted by Crippen LogP contribution is 2.34. The van der Waals surface area contributed by atoms with Crippen LogP contribution in [-0.4, -0.2) is 39.4 Å². The van der Waals surface area contributed by atoms with Crippen molar-refractivity contribution >= 4 is 15.9 Å². The number of hydrogen-bond acceptors (Lipinski definition) is 4. The first kappa shape index (κ1) is 19.9. The van der Waals surface area contributed by atoms with Crippen molar-refractivity contribution in [2.75, 3.05) is 20.2 Å². The number of nitrogens with one attached hydrogen (secondary N) is 1. The van der Waals surface area contributed by atoms with Crippen LogP contribution in [0, 0.1) is 12.3 Å². The van der Waals surface area contributed by atoms with E-state index < -0.39 is 10.0 Å². The van der Waals surface area contributed by atoms with Crippen LogP contribution in [0.25, 0.3) is 0 Å². The summed E-state index contributed by atoms with van der Waals surface area (Å²) < 4.78 is 32.1. The third-order valence-corrected chi connectivity index (χ3v) is 6.17. The molecule has 1 aliphatic rings. The number of likely N-dealkylation sites (tertiary alicyclic amines) is 1. The maximum atomic E-state index is 13.1. The van der Waals surface area contributed by atoms with Gasteiger partial charge in [0, 0.05) is 12.1 Å². The second kappa shape index (κ2) is 8.46. The highest BCUT2D eigenvalue weighted by molar-refractivity contribution is 7.89. The number of rotatable bonds is 6. The van der Waals surface area contributed by atoms with E-state index in [1.807, 2.05) is 24.3 Å². The third-order valence-electron chi connectivity index (χ3n) is 4.77. The van der Waals surface area contributed by atoms with Gasteiger partial charge in [-0.05, 0) is 48.7 Å². The molecule has 0 radical (unpaired) electrons. The second-order valence-corrected chi connectivity index (χ2v) is 8.25. The first-order valence-corrected chi connectivity index (χ1v) is 10.4. The molecule has 1 unspecified atom stereocenters. The van der Waals surface area contributed by atoms with Crippen LogP contribution in [0.1, 0.15) is 34.8 Å². The van der Waals surface area contributed by atoms with E-state index in [0.29, 0.717) is 12.1 Å². The Morgan fingerprint density at radius 1 is 1.29 bits per heavy atom. The average molecular weight is 398 g/mol. The van der Waals surface area contributed by atoms with Crippen LogP contribution in [0.4, 0.5) is 0 Å². The number of ether oxygens (including phenoxy) is 1. The van der Waals surface area contributed by atoms with E-state index in [1.54, 1.807) is 24.1 Å². The van der Waals surface area contributed by atoms with Crippen LogP contribution in [-0.2, 0) is 10.0 Å². The van der Waals surface area contributed by atoms with Gasteiger partial charge in [-0.25, -0.2) is 8.42 Å². The predicted octanol–water partition coefficient (Wildman–Crippen LogP) is 2.58. The van der Waals surface area contributed by atoms with Crippen LogP contribution >= 0.6 is 0 Å². The van der Waals surface area contributed by atoms with Crippen molar-refractivity contribution in [3.05, 3.63) is 59.7 Å². The maximum absolute atomic E-state index is 13.1. The molecule has 1 atom stereocenters. The van der Waals surface area contributed by atoms with E-state index in [1.165, 1.54) is 12.1 Å². The number of terminal acetylenes is 1. The molecule has 2 aromatic rings. The molecular weight excluding hydrogens is 376 g/mol. The number of methoxy groups -OCH3 is 1. The molecule has 3 rings (SSSR count). The quantitative estimate of drug-likeness (QED) is 0.759. The minimum atomic E-state index is -3.75. The molecular formula is C21H22N2O4S. The van der Waals surface area contributed by atoms with Gasteiger partial charge in [0.05, 0.1) is 24.6 Å². The molecule has 0 aromatic heterocycles. The number of amides is 1. The van der Waals surface area contributed by atoms with Crippen LogP contribution in [0.5, 0.6) is 5.75 Å². The third kappa shape index (κ3) is 4.19. The fourth-order valence-corrected chi connectivity index (χ4v) is 4.34. The number of nitrogens with zero attached hydrogens (tertiary/aromatic N) is 1. The molecule has 2 aromatic carbocycles. The maximum Gasteiger partial charge on any atom is 0.254 e. The van der Waals surface area contributed by atoms with E-state index in [2.05, 4.69) is 10.6 Å². The van der Waals surface area contributed by atoms with Crippen LogP contribution in [0.15, 0.2) is 53.4 Å². The fraction of sp³-hybridized carbons (Fsp3) is 0.286. The molecule has 146 valence electrons. The molecule has 1 saturated heterocycles. The first-order valence-electron chi connectivity index (χ1n) is 8.94. The van der Waals surface area contributed by atoms with Gasteiger partial charge in [0.15, 0.2) is 0 Å². The van der Waals surface area contributed by atoms with E-state index in [4.69, 9.17) is 11.2 Å². The Kier molecular flexibility index (Phi) is 6.02. The lowest BCUT2D eigenvalue weighted by Gasteiger charge is -2.25. The zero-order valence-corrected chi connectivity index (χ0v) is 16.4. The summed E-state index contributed by atoms with van der Waals surface area (Å²) in [5.41, 5.74) is 1.37. The zero-order chi connectivity index (χ0) is 20.1. The Morgan fingerprint density at radius 2 is 2.04 bits per heavy atom. The molecule has 0 saturated carbocycles. The fourth-order valence-electron chi connectivity index (χ4n) is 3.36. The van der Waals surface area contributed by atoms with Crippen LogP contribution in [0.3, 0.4) is 0 Å². The topological polar surface area (TPSA) is 75.7 Å². The second-order valence-electron chi connectivity index (χ2n) is 6.49. The number of carbonyl (C=O) groups excluding carboxylic acids is 1. The standard InChI is InChI=1S/C21H22N2O4S/c1-3-13-22-28(25,26)19-7-4-6-17(15-19)21(24)23-14-5-8-20(23)16-9-11-18(27-2)12-10-16/h1,4,6-7,9-12,15,20,22H,5,8,13-14H2,2H3. The SMILES string of the molecule is C#CCNS(=O)(=O)c1cccc(C(=O)N2CCCC2c2ccc(OC)cc2)c1. The minimum Gasteiger partial charge on any atom is -0.497 e. The summed E-state index contributed by atoms with van der Waals surface area (Å²) in [5.74, 6) is 2.81. The average Bonchev–Trinajstić information content (AvgIpc) is 3.21. The number of sulfonamides is 1. The summed E-state index contributed by atoms with van der Waals surface area (Å²) in [5, 5.41) is 0.